The van der Waals surface area contributed by atoms with Gasteiger partial charge in [-0.3, -0.25) is 32.6 Å². The van der Waals surface area contributed by atoms with Crippen LogP contribution in [0.3, 0.4) is 0 Å². The minimum Gasteiger partial charge on any atom is -0.481 e. The van der Waals surface area contributed by atoms with E-state index < -0.39 is 51.3 Å². The molecule has 0 radical (unpaired) electrons. The molecule has 33 heteroatoms. The second-order valence-corrected chi connectivity index (χ2v) is 29.5. The van der Waals surface area contributed by atoms with E-state index in [1.54, 1.807) is 64.4 Å². The van der Waals surface area contributed by atoms with Crippen LogP contribution in [0.15, 0.2) is 92.0 Å². The molecule has 8 aromatic rings. The van der Waals surface area contributed by atoms with Crippen molar-refractivity contribution in [1.82, 2.24) is 68.9 Å². The van der Waals surface area contributed by atoms with Crippen LogP contribution in [0.4, 0.5) is 39.5 Å². The zero-order chi connectivity index (χ0) is 74.8. The number of carboxylic acid groups (broad SMARTS) is 1. The van der Waals surface area contributed by atoms with Gasteiger partial charge in [-0.05, 0) is 152 Å². The number of carboxylic acids is 1. The first-order chi connectivity index (χ1) is 49.4. The van der Waals surface area contributed by atoms with Gasteiger partial charge in [-0.2, -0.15) is 63.2 Å². The van der Waals surface area contributed by atoms with Crippen molar-refractivity contribution in [2.75, 3.05) is 85.4 Å². The number of aliphatic carboxylic acids is 1. The predicted molar refractivity (Wildman–Crippen MR) is 370 cm³/mol. The molecule has 8 heterocycles. The van der Waals surface area contributed by atoms with E-state index in [1.807, 2.05) is 21.5 Å². The minimum atomic E-state index is -4.40. The Hall–Kier alpha value is -7.98. The number of nitrogens with two attached hydrogens (primary N) is 1. The number of fused-ring (bicyclic) bond motifs is 3. The van der Waals surface area contributed by atoms with E-state index in [4.69, 9.17) is 10.8 Å². The smallest absolute Gasteiger partial charge is 0.418 e. The highest BCUT2D eigenvalue weighted by Gasteiger charge is 2.47. The fraction of sp³-hybridized carbons (Fsp3) is 0.577. The minimum absolute atomic E-state index is 0.00201. The molecule has 3 aromatic carbocycles. The van der Waals surface area contributed by atoms with Gasteiger partial charge in [-0.1, -0.05) is 36.4 Å². The molecule has 3 saturated heterocycles. The fourth-order valence-corrected chi connectivity index (χ4v) is 15.0. The van der Waals surface area contributed by atoms with Crippen molar-refractivity contribution in [2.45, 2.75) is 120 Å². The van der Waals surface area contributed by atoms with Crippen LogP contribution in [0.1, 0.15) is 122 Å². The van der Waals surface area contributed by atoms with E-state index >= 15 is 0 Å². The molecule has 104 heavy (non-hydrogen) atoms. The summed E-state index contributed by atoms with van der Waals surface area (Å²) < 4.78 is 158. The van der Waals surface area contributed by atoms with Crippen molar-refractivity contribution >= 4 is 60.7 Å². The molecule has 0 bridgehead atoms. The molecule has 0 spiro atoms. The number of ether oxygens (including phenoxy) is 1. The summed E-state index contributed by atoms with van der Waals surface area (Å²) in [5.74, 6) is 0.0138. The number of carbonyl (C=O) groups excluding carboxylic acids is 2. The Bertz CT molecular complexity index is 4270. The fourth-order valence-electron chi connectivity index (χ4n) is 14.5. The zero-order valence-corrected chi connectivity index (χ0v) is 59.7. The standard InChI is InChI=1S/C25H31F3N6O.C19H22F3N3O2.C14H16F3N3.C7H12O5S.C6H11N3/c1-32-23-19(4-2-5-21(23)25(26,27)28)22(31-32)17-6-11-33(12-7-17)15-18-14-20(18)24(35)30-8-3-10-34-13-9-29-16-34;1-24-17-13(3-2-4-15(17)19(20,21)22)16(23-24)11-5-7-25(8-6-11)10-12-9-14(12)18(26)27;1-20-13-10(3-2-4-11(13)14(15,16)17)12(19-20)9-5-7-18-8-6-9;1-11-7(8)6-3-5(6)4-12-13(2,9)10;7-2-1-4-9-5-3-8-6-9/h2,4-5,9,13,16-18,20H,3,6-8,10-12,14-15H2,1H3,(H,30,35);2-4,11-12,14H,5-10H2,1H3,(H,26,27);2-4,9,18H,5-8H2,1H3;5-6H,3-4H2,1-2H3;3,5-6H,1-2,4,7H2/t18-,20+;12-,14+;;;/m00.../s1. The average molecular weight is 1490 g/mol. The van der Waals surface area contributed by atoms with Crippen molar-refractivity contribution in [3.8, 4) is 0 Å². The molecule has 2 unspecified atom stereocenters. The first-order valence-electron chi connectivity index (χ1n) is 35.2. The van der Waals surface area contributed by atoms with E-state index in [1.165, 1.54) is 39.4 Å². The summed E-state index contributed by atoms with van der Waals surface area (Å²) in [4.78, 5) is 46.9. The number of para-hydroxylation sites is 3. The average Bonchev–Trinajstić information content (AvgIpc) is 1.61. The molecule has 568 valence electrons. The third kappa shape index (κ3) is 20.5. The van der Waals surface area contributed by atoms with Crippen molar-refractivity contribution in [3.63, 3.8) is 0 Å². The van der Waals surface area contributed by atoms with E-state index in [2.05, 4.69) is 54.6 Å². The van der Waals surface area contributed by atoms with Gasteiger partial charge in [0.15, 0.2) is 0 Å². The number of amides is 1. The highest BCUT2D eigenvalue weighted by molar-refractivity contribution is 7.86. The highest BCUT2D eigenvalue weighted by Crippen LogP contribution is 2.45. The lowest BCUT2D eigenvalue weighted by Crippen LogP contribution is -2.35. The molecule has 6 fully saturated rings. The molecule has 1 amide bonds. The van der Waals surface area contributed by atoms with Crippen molar-refractivity contribution < 1.29 is 76.3 Å². The highest BCUT2D eigenvalue weighted by atomic mass is 32.2. The van der Waals surface area contributed by atoms with Gasteiger partial charge < -0.3 is 45.1 Å². The summed E-state index contributed by atoms with van der Waals surface area (Å²) >= 11 is 0. The number of aryl methyl sites for hydroxylation is 5. The van der Waals surface area contributed by atoms with Crippen LogP contribution in [0.25, 0.3) is 32.7 Å². The lowest BCUT2D eigenvalue weighted by molar-refractivity contribution is -0.143. The quantitative estimate of drug-likeness (QED) is 0.0239. The number of carbonyl (C=O) groups is 3. The van der Waals surface area contributed by atoms with Crippen LogP contribution < -0.4 is 16.4 Å². The molecule has 5 aromatic heterocycles. The van der Waals surface area contributed by atoms with Gasteiger partial charge >= 0.3 is 30.5 Å². The topological polar surface area (TPSA) is 270 Å². The molecular formula is C71H92F9N15O8S. The maximum Gasteiger partial charge on any atom is 0.418 e. The summed E-state index contributed by atoms with van der Waals surface area (Å²) in [5, 5.41) is 30.5. The van der Waals surface area contributed by atoms with E-state index in [0.29, 0.717) is 35.0 Å². The molecule has 3 aliphatic heterocycles. The Morgan fingerprint density at radius 1 is 0.596 bits per heavy atom. The number of esters is 1. The molecule has 6 atom stereocenters. The predicted octanol–water partition coefficient (Wildman–Crippen LogP) is 10.4. The molecule has 5 N–H and O–H groups in total. The lowest BCUT2D eigenvalue weighted by atomic mass is 9.91. The third-order valence-corrected chi connectivity index (χ3v) is 20.9. The number of imidazole rings is 2. The van der Waals surface area contributed by atoms with Crippen LogP contribution in [-0.4, -0.2) is 175 Å². The zero-order valence-electron chi connectivity index (χ0n) is 58.9. The van der Waals surface area contributed by atoms with Gasteiger partial charge in [0.25, 0.3) is 10.1 Å². The molecular weight excluding hydrogens is 1390 g/mol. The second kappa shape index (κ2) is 34.1. The Morgan fingerprint density at radius 3 is 1.38 bits per heavy atom. The molecule has 23 nitrogen and oxygen atoms in total. The number of piperidine rings is 3. The largest absolute Gasteiger partial charge is 0.481 e. The number of nitrogens with zero attached hydrogens (tertiary/aromatic N) is 12. The lowest BCUT2D eigenvalue weighted by Gasteiger charge is -2.31. The van der Waals surface area contributed by atoms with Gasteiger partial charge in [0, 0.05) is 118 Å². The normalized spacial score (nSPS) is 21.2. The van der Waals surface area contributed by atoms with Crippen LogP contribution in [0.5, 0.6) is 0 Å². The molecule has 6 aliphatic rings. The first kappa shape index (κ1) is 78.6. The van der Waals surface area contributed by atoms with Gasteiger partial charge in [0.05, 0.1) is 94.8 Å². The maximum absolute atomic E-state index is 13.5. The SMILES string of the molecule is COC(=O)C1CC1COS(C)(=O)=O.Cn1nc(C2CCN(C[C@@H]3C[C@H]3C(=O)NCCCn3ccnc3)CC2)c2cccc(C(F)(F)F)c21.Cn1nc(C2CCN(C[C@@H]3C[C@H]3C(=O)O)CC2)c2cccc(C(F)(F)F)c21.Cn1nc(C2CCNCC2)c2cccc(C(F)(F)F)c21.NCCCn1ccnc1. The third-order valence-electron chi connectivity index (χ3n) is 20.3. The number of likely N-dealkylation sites (tertiary alicyclic amines) is 2. The van der Waals surface area contributed by atoms with Crippen molar-refractivity contribution in [2.24, 2.45) is 62.4 Å². The Morgan fingerprint density at radius 2 is 1.00 bits per heavy atom. The second-order valence-electron chi connectivity index (χ2n) is 27.8. The number of hydrogen-bond donors (Lipinski definition) is 4. The summed E-state index contributed by atoms with van der Waals surface area (Å²) in [6.07, 6.45) is 8.24. The number of halogens is 9. The number of alkyl halides is 9. The van der Waals surface area contributed by atoms with Gasteiger partial charge in [-0.25, -0.2) is 9.97 Å². The van der Waals surface area contributed by atoms with E-state index in [0.717, 1.165) is 178 Å². The number of methoxy groups -OCH3 is 1. The van der Waals surface area contributed by atoms with Crippen LogP contribution in [-0.2, 0) is 86.2 Å². The van der Waals surface area contributed by atoms with Crippen molar-refractivity contribution in [3.05, 3.63) is 126 Å². The van der Waals surface area contributed by atoms with E-state index in [-0.39, 0.29) is 82.4 Å². The summed E-state index contributed by atoms with van der Waals surface area (Å²) in [6, 6.07) is 13.0. The van der Waals surface area contributed by atoms with Gasteiger partial charge in [0.2, 0.25) is 5.91 Å². The number of nitrogens with one attached hydrogen (secondary N) is 2. The Kier molecular flexibility index (Phi) is 25.7. The number of rotatable bonds is 20. The summed E-state index contributed by atoms with van der Waals surface area (Å²) in [6.45, 7) is 10.2. The van der Waals surface area contributed by atoms with E-state index in [9.17, 15) is 62.3 Å². The van der Waals surface area contributed by atoms with Crippen LogP contribution in [0, 0.1) is 35.5 Å². The number of benzene rings is 3. The first-order valence-corrected chi connectivity index (χ1v) is 37.0. The summed E-state index contributed by atoms with van der Waals surface area (Å²) in [7, 11) is 2.67. The van der Waals surface area contributed by atoms with Crippen LogP contribution in [0.2, 0.25) is 0 Å². The van der Waals surface area contributed by atoms with Gasteiger partial charge in [0.1, 0.15) is 0 Å². The molecule has 3 aliphatic carbocycles. The summed E-state index contributed by atoms with van der Waals surface area (Å²) in [5.41, 5.74) is 6.24. The number of aromatic nitrogens is 10. The van der Waals surface area contributed by atoms with Gasteiger partial charge in [-0.15, -0.1) is 0 Å². The number of hydrogen-bond acceptors (Lipinski definition) is 16. The monoisotopic (exact) mass is 1490 g/mol. The molecule has 14 rings (SSSR count). The van der Waals surface area contributed by atoms with Crippen molar-refractivity contribution in [1.29, 1.82) is 0 Å². The van der Waals surface area contributed by atoms with Crippen LogP contribution >= 0.6 is 0 Å². The Labute approximate surface area is 597 Å². The molecule has 3 saturated carbocycles. The Balaban J connectivity index is 0.000000149. The maximum atomic E-state index is 13.5.